The fourth-order valence-corrected chi connectivity index (χ4v) is 4.72. The standard InChI is InChI=1S/C15H28N2.ClH/c16-7-6-15-3-1-2-8-17(15)11-14-10-12-4-5-13(14)9-12;/h12-15H,1-11,16H2;1H. The Hall–Kier alpha value is 0.210. The van der Waals surface area contributed by atoms with Crippen molar-refractivity contribution in [1.82, 2.24) is 4.90 Å². The Kier molecular flexibility index (Phi) is 5.35. The molecule has 106 valence electrons. The maximum absolute atomic E-state index is 5.76. The Balaban J connectivity index is 0.00000120. The van der Waals surface area contributed by atoms with Gasteiger partial charge in [-0.15, -0.1) is 12.4 Å². The van der Waals surface area contributed by atoms with Crippen LogP contribution in [0.4, 0.5) is 0 Å². The summed E-state index contributed by atoms with van der Waals surface area (Å²) in [5.74, 6) is 3.22. The zero-order valence-electron chi connectivity index (χ0n) is 11.5. The van der Waals surface area contributed by atoms with Crippen molar-refractivity contribution in [2.75, 3.05) is 19.6 Å². The lowest BCUT2D eigenvalue weighted by molar-refractivity contribution is 0.103. The average molecular weight is 273 g/mol. The largest absolute Gasteiger partial charge is 0.330 e. The maximum atomic E-state index is 5.76. The normalized spacial score (nSPS) is 39.8. The van der Waals surface area contributed by atoms with Gasteiger partial charge in [-0.2, -0.15) is 0 Å². The summed E-state index contributed by atoms with van der Waals surface area (Å²) in [5, 5.41) is 0. The van der Waals surface area contributed by atoms with Crippen LogP contribution in [0.3, 0.4) is 0 Å². The number of nitrogens with two attached hydrogens (primary N) is 1. The number of likely N-dealkylation sites (tertiary alicyclic amines) is 1. The van der Waals surface area contributed by atoms with Gasteiger partial charge < -0.3 is 10.6 Å². The van der Waals surface area contributed by atoms with Gasteiger partial charge in [-0.1, -0.05) is 12.8 Å². The van der Waals surface area contributed by atoms with E-state index in [1.807, 2.05) is 0 Å². The van der Waals surface area contributed by atoms with E-state index in [0.29, 0.717) is 0 Å². The molecule has 1 aliphatic heterocycles. The van der Waals surface area contributed by atoms with Crippen molar-refractivity contribution >= 4 is 12.4 Å². The summed E-state index contributed by atoms with van der Waals surface area (Å²) in [6, 6.07) is 0.813. The molecule has 4 unspecified atom stereocenters. The topological polar surface area (TPSA) is 29.3 Å². The molecule has 0 radical (unpaired) electrons. The molecule has 2 saturated carbocycles. The number of rotatable bonds is 4. The fourth-order valence-electron chi connectivity index (χ4n) is 4.72. The lowest BCUT2D eigenvalue weighted by atomic mass is 9.87. The lowest BCUT2D eigenvalue weighted by Gasteiger charge is -2.39. The van der Waals surface area contributed by atoms with Gasteiger partial charge >= 0.3 is 0 Å². The Bertz CT molecular complexity index is 257. The van der Waals surface area contributed by atoms with Crippen LogP contribution in [0.25, 0.3) is 0 Å². The van der Waals surface area contributed by atoms with Gasteiger partial charge in [0.1, 0.15) is 0 Å². The first kappa shape index (κ1) is 14.6. The molecular formula is C15H29ClN2. The molecule has 2 aliphatic carbocycles. The predicted octanol–water partition coefficient (Wildman–Crippen LogP) is 3.05. The summed E-state index contributed by atoms with van der Waals surface area (Å²) < 4.78 is 0. The molecule has 4 atom stereocenters. The zero-order chi connectivity index (χ0) is 11.7. The highest BCUT2D eigenvalue weighted by atomic mass is 35.5. The van der Waals surface area contributed by atoms with E-state index in [9.17, 15) is 0 Å². The molecular weight excluding hydrogens is 244 g/mol. The second-order valence-corrected chi connectivity index (χ2v) is 6.66. The van der Waals surface area contributed by atoms with Gasteiger partial charge in [0.25, 0.3) is 0 Å². The van der Waals surface area contributed by atoms with E-state index < -0.39 is 0 Å². The van der Waals surface area contributed by atoms with Crippen LogP contribution < -0.4 is 5.73 Å². The van der Waals surface area contributed by atoms with Gasteiger partial charge in [-0.05, 0) is 69.4 Å². The Morgan fingerprint density at radius 1 is 1.06 bits per heavy atom. The monoisotopic (exact) mass is 272 g/mol. The fraction of sp³-hybridized carbons (Fsp3) is 1.00. The van der Waals surface area contributed by atoms with Gasteiger partial charge in [0.05, 0.1) is 0 Å². The van der Waals surface area contributed by atoms with Crippen LogP contribution in [0.2, 0.25) is 0 Å². The number of hydrogen-bond donors (Lipinski definition) is 1. The molecule has 3 rings (SSSR count). The van der Waals surface area contributed by atoms with Gasteiger partial charge in [0.15, 0.2) is 0 Å². The van der Waals surface area contributed by atoms with Crippen molar-refractivity contribution in [3.8, 4) is 0 Å². The highest BCUT2D eigenvalue weighted by Gasteiger charge is 2.40. The number of nitrogens with zero attached hydrogens (tertiary/aromatic N) is 1. The van der Waals surface area contributed by atoms with E-state index in [2.05, 4.69) is 4.90 Å². The van der Waals surface area contributed by atoms with E-state index in [1.165, 1.54) is 58.0 Å². The summed E-state index contributed by atoms with van der Waals surface area (Å²) in [4.78, 5) is 2.79. The van der Waals surface area contributed by atoms with Gasteiger partial charge in [-0.25, -0.2) is 0 Å². The molecule has 18 heavy (non-hydrogen) atoms. The average Bonchev–Trinajstić information content (AvgIpc) is 2.94. The molecule has 0 aromatic rings. The molecule has 3 aliphatic rings. The third-order valence-corrected chi connectivity index (χ3v) is 5.60. The lowest BCUT2D eigenvalue weighted by Crippen LogP contribution is -2.44. The molecule has 1 heterocycles. The molecule has 0 spiro atoms. The van der Waals surface area contributed by atoms with Crippen LogP contribution in [-0.4, -0.2) is 30.6 Å². The van der Waals surface area contributed by atoms with Crippen molar-refractivity contribution in [2.24, 2.45) is 23.5 Å². The van der Waals surface area contributed by atoms with Crippen LogP contribution in [0, 0.1) is 17.8 Å². The van der Waals surface area contributed by atoms with Crippen molar-refractivity contribution in [3.63, 3.8) is 0 Å². The van der Waals surface area contributed by atoms with Crippen molar-refractivity contribution in [1.29, 1.82) is 0 Å². The second-order valence-electron chi connectivity index (χ2n) is 6.66. The summed E-state index contributed by atoms with van der Waals surface area (Å²) in [7, 11) is 0. The summed E-state index contributed by atoms with van der Waals surface area (Å²) in [5.41, 5.74) is 5.76. The molecule has 1 saturated heterocycles. The number of piperidine rings is 1. The van der Waals surface area contributed by atoms with Crippen LogP contribution >= 0.6 is 12.4 Å². The van der Waals surface area contributed by atoms with E-state index in [-0.39, 0.29) is 12.4 Å². The summed E-state index contributed by atoms with van der Waals surface area (Å²) in [6.45, 7) is 3.61. The molecule has 3 heteroatoms. The van der Waals surface area contributed by atoms with Crippen molar-refractivity contribution < 1.29 is 0 Å². The molecule has 3 fully saturated rings. The van der Waals surface area contributed by atoms with Gasteiger partial charge in [0.2, 0.25) is 0 Å². The van der Waals surface area contributed by atoms with Gasteiger partial charge in [-0.3, -0.25) is 0 Å². The quantitative estimate of drug-likeness (QED) is 0.852. The Morgan fingerprint density at radius 2 is 1.94 bits per heavy atom. The highest BCUT2D eigenvalue weighted by molar-refractivity contribution is 5.85. The van der Waals surface area contributed by atoms with Crippen molar-refractivity contribution in [3.05, 3.63) is 0 Å². The first-order valence-corrected chi connectivity index (χ1v) is 7.81. The minimum atomic E-state index is 0. The maximum Gasteiger partial charge on any atom is 0.0107 e. The molecule has 2 N–H and O–H groups in total. The van der Waals surface area contributed by atoms with Crippen LogP contribution in [-0.2, 0) is 0 Å². The smallest absolute Gasteiger partial charge is 0.0107 e. The van der Waals surface area contributed by atoms with Crippen LogP contribution in [0.15, 0.2) is 0 Å². The molecule has 0 aromatic heterocycles. The van der Waals surface area contributed by atoms with Crippen molar-refractivity contribution in [2.45, 2.75) is 57.4 Å². The van der Waals surface area contributed by atoms with Crippen LogP contribution in [0.5, 0.6) is 0 Å². The zero-order valence-corrected chi connectivity index (χ0v) is 12.3. The first-order valence-electron chi connectivity index (χ1n) is 7.81. The molecule has 0 aromatic carbocycles. The van der Waals surface area contributed by atoms with Crippen LogP contribution in [0.1, 0.15) is 51.4 Å². The van der Waals surface area contributed by atoms with E-state index in [1.54, 1.807) is 6.42 Å². The second kappa shape index (κ2) is 6.58. The minimum Gasteiger partial charge on any atom is -0.330 e. The summed E-state index contributed by atoms with van der Waals surface area (Å²) in [6.07, 6.45) is 11.6. The van der Waals surface area contributed by atoms with E-state index >= 15 is 0 Å². The minimum absolute atomic E-state index is 0. The van der Waals surface area contributed by atoms with E-state index in [4.69, 9.17) is 5.73 Å². The molecule has 2 bridgehead atoms. The molecule has 2 nitrogen and oxygen atoms in total. The third kappa shape index (κ3) is 3.02. The first-order chi connectivity index (χ1) is 8.36. The number of halogens is 1. The van der Waals surface area contributed by atoms with E-state index in [0.717, 1.165) is 30.3 Å². The van der Waals surface area contributed by atoms with Gasteiger partial charge in [0, 0.05) is 12.6 Å². The third-order valence-electron chi connectivity index (χ3n) is 5.60. The number of fused-ring (bicyclic) bond motifs is 2. The predicted molar refractivity (Wildman–Crippen MR) is 79.1 cm³/mol. The summed E-state index contributed by atoms with van der Waals surface area (Å²) >= 11 is 0. The molecule has 0 amide bonds. The SMILES string of the molecule is Cl.NCCC1CCCCN1CC1CC2CCC1C2. The Labute approximate surface area is 118 Å². The number of hydrogen-bond acceptors (Lipinski definition) is 2. The highest BCUT2D eigenvalue weighted by Crippen LogP contribution is 2.48. The Morgan fingerprint density at radius 3 is 2.61 bits per heavy atom.